The van der Waals surface area contributed by atoms with Crippen LogP contribution in [0.25, 0.3) is 0 Å². The Morgan fingerprint density at radius 3 is 2.90 bits per heavy atom. The second-order valence-electron chi connectivity index (χ2n) is 5.40. The van der Waals surface area contributed by atoms with E-state index in [1.54, 1.807) is 23.1 Å². The highest BCUT2D eigenvalue weighted by atomic mass is 35.5. The van der Waals surface area contributed by atoms with Crippen LogP contribution in [-0.2, 0) is 0 Å². The normalized spacial score (nSPS) is 18.6. The molecule has 1 unspecified atom stereocenters. The summed E-state index contributed by atoms with van der Waals surface area (Å²) in [4.78, 5) is 14.3. The van der Waals surface area contributed by atoms with Crippen LogP contribution in [0.4, 0.5) is 0 Å². The summed E-state index contributed by atoms with van der Waals surface area (Å²) in [6.07, 6.45) is 0.829. The molecule has 0 saturated carbocycles. The number of hydrogen-bond acceptors (Lipinski definition) is 3. The van der Waals surface area contributed by atoms with Crippen molar-refractivity contribution in [1.82, 2.24) is 4.90 Å². The number of benzene rings is 1. The summed E-state index contributed by atoms with van der Waals surface area (Å²) in [6.45, 7) is 5.20. The van der Waals surface area contributed by atoms with Crippen molar-refractivity contribution in [1.29, 1.82) is 0 Å². The highest BCUT2D eigenvalue weighted by Gasteiger charge is 2.28. The van der Waals surface area contributed by atoms with Gasteiger partial charge in [0.25, 0.3) is 5.91 Å². The van der Waals surface area contributed by atoms with Gasteiger partial charge in [0.1, 0.15) is 5.75 Å². The smallest absolute Gasteiger partial charge is 0.257 e. The molecule has 0 radical (unpaired) electrons. The van der Waals surface area contributed by atoms with E-state index in [1.807, 2.05) is 13.8 Å². The summed E-state index contributed by atoms with van der Waals surface area (Å²) in [7, 11) is 0. The minimum atomic E-state index is -0.0842. The Bertz CT molecular complexity index is 490. The Morgan fingerprint density at radius 1 is 1.55 bits per heavy atom. The Kier molecular flexibility index (Phi) is 4.89. The van der Waals surface area contributed by atoms with Gasteiger partial charge in [-0.25, -0.2) is 0 Å². The number of carbonyl (C=O) groups is 1. The molecule has 0 spiro atoms. The molecule has 1 N–H and O–H groups in total. The first-order valence-electron chi connectivity index (χ1n) is 6.87. The van der Waals surface area contributed by atoms with Crippen LogP contribution < -0.4 is 4.74 Å². The highest BCUT2D eigenvalue weighted by Crippen LogP contribution is 2.27. The van der Waals surface area contributed by atoms with Crippen LogP contribution in [0.5, 0.6) is 5.75 Å². The number of likely N-dealkylation sites (tertiary alicyclic amines) is 1. The molecule has 0 bridgehead atoms. The molecule has 1 aliphatic rings. The SMILES string of the molecule is CC(C)Oc1ccc(Cl)cc1C(=O)N1CCC(CO)C1. The molecule has 1 heterocycles. The van der Waals surface area contributed by atoms with Crippen molar-refractivity contribution >= 4 is 17.5 Å². The summed E-state index contributed by atoms with van der Waals surface area (Å²) >= 11 is 5.99. The molecule has 5 heteroatoms. The maximum absolute atomic E-state index is 12.6. The summed E-state index contributed by atoms with van der Waals surface area (Å²) < 4.78 is 5.68. The largest absolute Gasteiger partial charge is 0.490 e. The van der Waals surface area contributed by atoms with Gasteiger partial charge in [-0.2, -0.15) is 0 Å². The first-order chi connectivity index (χ1) is 9.51. The molecule has 1 aliphatic heterocycles. The van der Waals surface area contributed by atoms with Crippen molar-refractivity contribution in [3.63, 3.8) is 0 Å². The predicted molar refractivity (Wildman–Crippen MR) is 78.3 cm³/mol. The lowest BCUT2D eigenvalue weighted by Gasteiger charge is -2.20. The zero-order valence-electron chi connectivity index (χ0n) is 11.8. The predicted octanol–water partition coefficient (Wildman–Crippen LogP) is 2.58. The van der Waals surface area contributed by atoms with E-state index in [2.05, 4.69) is 0 Å². The molecule has 1 saturated heterocycles. The van der Waals surface area contributed by atoms with Crippen LogP contribution in [0, 0.1) is 5.92 Å². The lowest BCUT2D eigenvalue weighted by atomic mass is 10.1. The van der Waals surface area contributed by atoms with E-state index in [-0.39, 0.29) is 24.5 Å². The number of halogens is 1. The third-order valence-corrected chi connectivity index (χ3v) is 3.60. The quantitative estimate of drug-likeness (QED) is 0.929. The van der Waals surface area contributed by atoms with Gasteiger partial charge in [0.15, 0.2) is 0 Å². The Hall–Kier alpha value is -1.26. The minimum Gasteiger partial charge on any atom is -0.490 e. The van der Waals surface area contributed by atoms with Crippen LogP contribution in [0.15, 0.2) is 18.2 Å². The summed E-state index contributed by atoms with van der Waals surface area (Å²) in [5.41, 5.74) is 0.491. The van der Waals surface area contributed by atoms with E-state index in [0.717, 1.165) is 6.42 Å². The fourth-order valence-electron chi connectivity index (χ4n) is 2.36. The van der Waals surface area contributed by atoms with Gasteiger partial charge in [-0.3, -0.25) is 4.79 Å². The number of amides is 1. The van der Waals surface area contributed by atoms with Gasteiger partial charge in [-0.15, -0.1) is 0 Å². The van der Waals surface area contributed by atoms with Crippen molar-refractivity contribution in [3.8, 4) is 5.75 Å². The van der Waals surface area contributed by atoms with Gasteiger partial charge in [-0.05, 0) is 38.5 Å². The lowest BCUT2D eigenvalue weighted by molar-refractivity contribution is 0.0775. The summed E-state index contributed by atoms with van der Waals surface area (Å²) in [6, 6.07) is 5.10. The Morgan fingerprint density at radius 2 is 2.30 bits per heavy atom. The number of ether oxygens (including phenoxy) is 1. The number of aliphatic hydroxyl groups is 1. The zero-order valence-corrected chi connectivity index (χ0v) is 12.6. The molecule has 1 aromatic rings. The van der Waals surface area contributed by atoms with E-state index < -0.39 is 0 Å². The molecule has 4 nitrogen and oxygen atoms in total. The van der Waals surface area contributed by atoms with E-state index in [9.17, 15) is 9.90 Å². The number of carbonyl (C=O) groups excluding carboxylic acids is 1. The maximum atomic E-state index is 12.6. The van der Waals surface area contributed by atoms with E-state index in [4.69, 9.17) is 16.3 Å². The number of nitrogens with zero attached hydrogens (tertiary/aromatic N) is 1. The van der Waals surface area contributed by atoms with Crippen molar-refractivity contribution in [3.05, 3.63) is 28.8 Å². The first-order valence-corrected chi connectivity index (χ1v) is 7.25. The highest BCUT2D eigenvalue weighted by molar-refractivity contribution is 6.31. The second kappa shape index (κ2) is 6.46. The Labute approximate surface area is 124 Å². The fourth-order valence-corrected chi connectivity index (χ4v) is 2.53. The van der Waals surface area contributed by atoms with E-state index >= 15 is 0 Å². The zero-order chi connectivity index (χ0) is 14.7. The molecular weight excluding hydrogens is 278 g/mol. The number of rotatable bonds is 4. The van der Waals surface area contributed by atoms with Gasteiger partial charge in [0.2, 0.25) is 0 Å². The molecule has 1 atom stereocenters. The van der Waals surface area contributed by atoms with Crippen LogP contribution in [0.2, 0.25) is 5.02 Å². The third kappa shape index (κ3) is 3.44. The molecule has 1 fully saturated rings. The standard InChI is InChI=1S/C15H20ClNO3/c1-10(2)20-14-4-3-12(16)7-13(14)15(19)17-6-5-11(8-17)9-18/h3-4,7,10-11,18H,5-6,8-9H2,1-2H3. The third-order valence-electron chi connectivity index (χ3n) is 3.37. The fraction of sp³-hybridized carbons (Fsp3) is 0.533. The van der Waals surface area contributed by atoms with Gasteiger partial charge in [-0.1, -0.05) is 11.6 Å². The molecule has 0 aromatic heterocycles. The Balaban J connectivity index is 2.22. The van der Waals surface area contributed by atoms with Crippen molar-refractivity contribution < 1.29 is 14.6 Å². The summed E-state index contributed by atoms with van der Waals surface area (Å²) in [5.74, 6) is 0.647. The van der Waals surface area contributed by atoms with E-state index in [1.165, 1.54) is 0 Å². The topological polar surface area (TPSA) is 49.8 Å². The van der Waals surface area contributed by atoms with Crippen LogP contribution in [0.3, 0.4) is 0 Å². The van der Waals surface area contributed by atoms with Gasteiger partial charge >= 0.3 is 0 Å². The van der Waals surface area contributed by atoms with Crippen LogP contribution in [0.1, 0.15) is 30.6 Å². The van der Waals surface area contributed by atoms with E-state index in [0.29, 0.717) is 29.4 Å². The molecular formula is C15H20ClNO3. The average Bonchev–Trinajstić information content (AvgIpc) is 2.88. The molecule has 1 amide bonds. The second-order valence-corrected chi connectivity index (χ2v) is 5.83. The van der Waals surface area contributed by atoms with Gasteiger partial charge in [0.05, 0.1) is 11.7 Å². The lowest BCUT2D eigenvalue weighted by Crippen LogP contribution is -2.29. The molecule has 1 aromatic carbocycles. The molecule has 20 heavy (non-hydrogen) atoms. The van der Waals surface area contributed by atoms with Crippen molar-refractivity contribution in [2.45, 2.75) is 26.4 Å². The van der Waals surface area contributed by atoms with Crippen molar-refractivity contribution in [2.24, 2.45) is 5.92 Å². The van der Waals surface area contributed by atoms with Gasteiger partial charge in [0, 0.05) is 30.6 Å². The van der Waals surface area contributed by atoms with Crippen molar-refractivity contribution in [2.75, 3.05) is 19.7 Å². The molecule has 110 valence electrons. The first kappa shape index (κ1) is 15.1. The molecule has 0 aliphatic carbocycles. The van der Waals surface area contributed by atoms with Crippen LogP contribution >= 0.6 is 11.6 Å². The average molecular weight is 298 g/mol. The number of hydrogen-bond donors (Lipinski definition) is 1. The monoisotopic (exact) mass is 297 g/mol. The molecule has 2 rings (SSSR count). The number of aliphatic hydroxyl groups excluding tert-OH is 1. The maximum Gasteiger partial charge on any atom is 0.257 e. The van der Waals surface area contributed by atoms with Gasteiger partial charge < -0.3 is 14.7 Å². The minimum absolute atomic E-state index is 0.00788. The van der Waals surface area contributed by atoms with Crippen LogP contribution in [-0.4, -0.2) is 41.7 Å². The summed E-state index contributed by atoms with van der Waals surface area (Å²) in [5, 5.41) is 9.69.